The van der Waals surface area contributed by atoms with E-state index in [2.05, 4.69) is 25.6 Å². The third-order valence-electron chi connectivity index (χ3n) is 4.69. The molecule has 1 aromatic heterocycles. The van der Waals surface area contributed by atoms with Gasteiger partial charge in [0.2, 0.25) is 5.91 Å². The minimum atomic E-state index is -1.03. The molecule has 1 atom stereocenters. The standard InChI is InChI=1S/C23H19N5O2S/c29-21(23(10-5-11-24-15-23)17-13-25-16-26-14-17)28-22(31)27-18-6-4-9-20(12-18)30-19-7-2-1-3-8-19/h1-14,16H,15H2,(H2,27,28,29,31). The van der Waals surface area contributed by atoms with Crippen LogP contribution in [0.5, 0.6) is 11.5 Å². The first-order valence-electron chi connectivity index (χ1n) is 9.54. The lowest BCUT2D eigenvalue weighted by Crippen LogP contribution is -2.49. The molecule has 2 aromatic carbocycles. The Kier molecular flexibility index (Phi) is 6.09. The van der Waals surface area contributed by atoms with Crippen LogP contribution in [-0.2, 0) is 10.2 Å². The number of ether oxygens (including phenoxy) is 1. The maximum atomic E-state index is 13.2. The second kappa shape index (κ2) is 9.27. The Labute approximate surface area is 184 Å². The van der Waals surface area contributed by atoms with Crippen LogP contribution in [0.4, 0.5) is 5.69 Å². The fraction of sp³-hybridized carbons (Fsp3) is 0.0870. The molecular formula is C23H19N5O2S. The Morgan fingerprint density at radius 1 is 1.03 bits per heavy atom. The summed E-state index contributed by atoms with van der Waals surface area (Å²) in [7, 11) is 0. The highest BCUT2D eigenvalue weighted by Gasteiger charge is 2.39. The number of aliphatic imine (C=N–C) groups is 1. The Bertz CT molecular complexity index is 1130. The molecule has 2 N–H and O–H groups in total. The van der Waals surface area contributed by atoms with Gasteiger partial charge in [0.05, 0.1) is 6.54 Å². The van der Waals surface area contributed by atoms with E-state index in [1.54, 1.807) is 36.8 Å². The predicted molar refractivity (Wildman–Crippen MR) is 124 cm³/mol. The maximum absolute atomic E-state index is 13.2. The number of anilines is 1. The number of nitrogens with zero attached hydrogens (tertiary/aromatic N) is 3. The monoisotopic (exact) mass is 429 g/mol. The SMILES string of the molecule is O=C(NC(=S)Nc1cccc(Oc2ccccc2)c1)C1(c2cncnc2)C=CC=NC1. The van der Waals surface area contributed by atoms with Gasteiger partial charge >= 0.3 is 0 Å². The lowest BCUT2D eigenvalue weighted by atomic mass is 9.79. The van der Waals surface area contributed by atoms with Crippen molar-refractivity contribution in [2.24, 2.45) is 4.99 Å². The molecule has 0 spiro atoms. The largest absolute Gasteiger partial charge is 0.457 e. The molecule has 1 unspecified atom stereocenters. The van der Waals surface area contributed by atoms with Gasteiger partial charge in [0.25, 0.3) is 0 Å². The minimum Gasteiger partial charge on any atom is -0.457 e. The van der Waals surface area contributed by atoms with E-state index in [1.807, 2.05) is 48.5 Å². The normalized spacial score (nSPS) is 17.0. The molecule has 8 heteroatoms. The van der Waals surface area contributed by atoms with Crippen molar-refractivity contribution in [3.8, 4) is 11.5 Å². The molecule has 3 aromatic rings. The number of allylic oxidation sites excluding steroid dienone is 1. The summed E-state index contributed by atoms with van der Waals surface area (Å²) in [6.07, 6.45) is 9.81. The number of aromatic nitrogens is 2. The molecule has 1 amide bonds. The van der Waals surface area contributed by atoms with Crippen molar-refractivity contribution in [3.63, 3.8) is 0 Å². The summed E-state index contributed by atoms with van der Waals surface area (Å²) in [6, 6.07) is 16.8. The van der Waals surface area contributed by atoms with Crippen LogP contribution in [0.15, 0.2) is 90.5 Å². The smallest absolute Gasteiger partial charge is 0.242 e. The summed E-state index contributed by atoms with van der Waals surface area (Å²) >= 11 is 5.38. The molecule has 0 fully saturated rings. The Balaban J connectivity index is 1.46. The molecule has 1 aliphatic rings. The van der Waals surface area contributed by atoms with Crippen LogP contribution in [0.2, 0.25) is 0 Å². The Morgan fingerprint density at radius 3 is 2.55 bits per heavy atom. The zero-order valence-corrected chi connectivity index (χ0v) is 17.3. The van der Waals surface area contributed by atoms with Crippen molar-refractivity contribution in [1.29, 1.82) is 0 Å². The summed E-state index contributed by atoms with van der Waals surface area (Å²) < 4.78 is 5.84. The van der Waals surface area contributed by atoms with Crippen LogP contribution in [0.3, 0.4) is 0 Å². The quantitative estimate of drug-likeness (QED) is 0.602. The third kappa shape index (κ3) is 4.81. The molecule has 154 valence electrons. The van der Waals surface area contributed by atoms with Gasteiger partial charge in [0.1, 0.15) is 23.2 Å². The van der Waals surface area contributed by atoms with Crippen molar-refractivity contribution >= 4 is 35.1 Å². The van der Waals surface area contributed by atoms with Crippen molar-refractivity contribution in [1.82, 2.24) is 15.3 Å². The predicted octanol–water partition coefficient (Wildman–Crippen LogP) is 3.66. The van der Waals surface area contributed by atoms with Gasteiger partial charge in [-0.05, 0) is 42.6 Å². The van der Waals surface area contributed by atoms with Crippen LogP contribution >= 0.6 is 12.2 Å². The van der Waals surface area contributed by atoms with Gasteiger partial charge in [-0.25, -0.2) is 9.97 Å². The van der Waals surface area contributed by atoms with Gasteiger partial charge in [-0.15, -0.1) is 0 Å². The fourth-order valence-electron chi connectivity index (χ4n) is 3.15. The van der Waals surface area contributed by atoms with Gasteiger partial charge < -0.3 is 15.4 Å². The summed E-state index contributed by atoms with van der Waals surface area (Å²) in [6.45, 7) is 0.242. The summed E-state index contributed by atoms with van der Waals surface area (Å²) in [5.74, 6) is 1.06. The average Bonchev–Trinajstić information content (AvgIpc) is 2.81. The second-order valence-corrected chi connectivity index (χ2v) is 7.21. The first-order chi connectivity index (χ1) is 15.2. The van der Waals surface area contributed by atoms with E-state index in [1.165, 1.54) is 6.33 Å². The molecule has 31 heavy (non-hydrogen) atoms. The third-order valence-corrected chi connectivity index (χ3v) is 4.90. The second-order valence-electron chi connectivity index (χ2n) is 6.80. The fourth-order valence-corrected chi connectivity index (χ4v) is 3.36. The number of carbonyl (C=O) groups excluding carboxylic acids is 1. The summed E-state index contributed by atoms with van der Waals surface area (Å²) in [4.78, 5) is 25.5. The number of para-hydroxylation sites is 1. The molecule has 1 aliphatic heterocycles. The lowest BCUT2D eigenvalue weighted by molar-refractivity contribution is -0.123. The Hall–Kier alpha value is -3.91. The number of rotatable bonds is 5. The highest BCUT2D eigenvalue weighted by Crippen LogP contribution is 2.28. The van der Waals surface area contributed by atoms with E-state index in [9.17, 15) is 4.79 Å². The number of hydrogen-bond acceptors (Lipinski definition) is 6. The average molecular weight is 430 g/mol. The van der Waals surface area contributed by atoms with Crippen LogP contribution in [-0.4, -0.2) is 33.7 Å². The topological polar surface area (TPSA) is 88.5 Å². The number of amides is 1. The number of hydrogen-bond donors (Lipinski definition) is 2. The molecule has 4 rings (SSSR count). The Morgan fingerprint density at radius 2 is 1.81 bits per heavy atom. The molecule has 0 saturated heterocycles. The molecule has 0 bridgehead atoms. The zero-order valence-electron chi connectivity index (χ0n) is 16.4. The molecular weight excluding hydrogens is 410 g/mol. The van der Waals surface area contributed by atoms with E-state index in [0.29, 0.717) is 17.0 Å². The van der Waals surface area contributed by atoms with Crippen molar-refractivity contribution in [2.45, 2.75) is 5.41 Å². The number of benzene rings is 2. The summed E-state index contributed by atoms with van der Waals surface area (Å²) in [5, 5.41) is 5.97. The van der Waals surface area contributed by atoms with Crippen LogP contribution in [0, 0.1) is 0 Å². The molecule has 2 heterocycles. The summed E-state index contributed by atoms with van der Waals surface area (Å²) in [5.41, 5.74) is 0.301. The van der Waals surface area contributed by atoms with Crippen LogP contribution in [0.25, 0.3) is 0 Å². The molecule has 7 nitrogen and oxygen atoms in total. The minimum absolute atomic E-state index is 0.168. The highest BCUT2D eigenvalue weighted by atomic mass is 32.1. The number of thiocarbonyl (C=S) groups is 1. The molecule has 0 saturated carbocycles. The van der Waals surface area contributed by atoms with E-state index in [-0.39, 0.29) is 17.6 Å². The highest BCUT2D eigenvalue weighted by molar-refractivity contribution is 7.80. The molecule has 0 aliphatic carbocycles. The van der Waals surface area contributed by atoms with E-state index >= 15 is 0 Å². The van der Waals surface area contributed by atoms with Gasteiger partial charge in [-0.1, -0.05) is 30.3 Å². The number of dihydropyridines is 1. The first-order valence-corrected chi connectivity index (χ1v) is 9.95. The van der Waals surface area contributed by atoms with E-state index in [4.69, 9.17) is 17.0 Å². The van der Waals surface area contributed by atoms with Crippen molar-refractivity contribution < 1.29 is 9.53 Å². The van der Waals surface area contributed by atoms with Crippen molar-refractivity contribution in [2.75, 3.05) is 11.9 Å². The van der Waals surface area contributed by atoms with Gasteiger partial charge in [-0.2, -0.15) is 0 Å². The van der Waals surface area contributed by atoms with Crippen molar-refractivity contribution in [3.05, 3.63) is 91.0 Å². The van der Waals surface area contributed by atoms with Crippen LogP contribution in [0.1, 0.15) is 5.56 Å². The number of carbonyl (C=O) groups is 1. The maximum Gasteiger partial charge on any atom is 0.242 e. The molecule has 0 radical (unpaired) electrons. The van der Waals surface area contributed by atoms with Gasteiger partial charge in [0, 0.05) is 35.9 Å². The zero-order chi connectivity index (χ0) is 21.5. The van der Waals surface area contributed by atoms with Gasteiger partial charge in [-0.3, -0.25) is 9.79 Å². The first kappa shape index (κ1) is 20.4. The number of nitrogens with one attached hydrogen (secondary N) is 2. The van der Waals surface area contributed by atoms with E-state index in [0.717, 1.165) is 5.75 Å². The van der Waals surface area contributed by atoms with Crippen LogP contribution < -0.4 is 15.4 Å². The van der Waals surface area contributed by atoms with E-state index < -0.39 is 5.41 Å². The van der Waals surface area contributed by atoms with Gasteiger partial charge in [0.15, 0.2) is 5.11 Å². The lowest BCUT2D eigenvalue weighted by Gasteiger charge is -2.29.